The van der Waals surface area contributed by atoms with E-state index < -0.39 is 0 Å². The first kappa shape index (κ1) is 20.7. The van der Waals surface area contributed by atoms with Gasteiger partial charge in [-0.25, -0.2) is 9.97 Å². The number of hydrogen-bond donors (Lipinski definition) is 2. The highest BCUT2D eigenvalue weighted by molar-refractivity contribution is 6.31. The van der Waals surface area contributed by atoms with E-state index in [0.717, 1.165) is 33.3 Å². The van der Waals surface area contributed by atoms with E-state index in [2.05, 4.69) is 25.3 Å². The Morgan fingerprint density at radius 3 is 2.74 bits per heavy atom. The molecular weight excluding hydrogens is 412 g/mol. The van der Waals surface area contributed by atoms with Crippen molar-refractivity contribution in [2.75, 3.05) is 5.73 Å². The van der Waals surface area contributed by atoms with Gasteiger partial charge in [-0.3, -0.25) is 14.8 Å². The number of aryl methyl sites for hydroxylation is 2. The van der Waals surface area contributed by atoms with Crippen LogP contribution in [-0.2, 0) is 13.0 Å². The summed E-state index contributed by atoms with van der Waals surface area (Å²) in [6.45, 7) is 4.16. The number of pyridine rings is 2. The van der Waals surface area contributed by atoms with Gasteiger partial charge in [-0.1, -0.05) is 17.7 Å². The van der Waals surface area contributed by atoms with E-state index in [-0.39, 0.29) is 11.6 Å². The number of anilines is 1. The Morgan fingerprint density at radius 1 is 1.10 bits per heavy atom. The molecule has 0 saturated heterocycles. The number of nitrogen functional groups attached to an aromatic ring is 1. The molecule has 0 fully saturated rings. The van der Waals surface area contributed by atoms with E-state index >= 15 is 0 Å². The Kier molecular flexibility index (Phi) is 5.77. The molecule has 0 aliphatic carbocycles. The standard InChI is InChI=1S/C23H21ClN6O/c1-13-5-22(25)29-14(2)19(13)11-28-23(31)21-12-26-10-18(30-21)7-15-3-4-20-16(6-15)8-17(24)9-27-20/h3-6,8-10,12H,7,11H2,1-2H3,(H2,25,29)(H,28,31). The fourth-order valence-electron chi connectivity index (χ4n) is 3.49. The number of hydrogen-bond acceptors (Lipinski definition) is 6. The summed E-state index contributed by atoms with van der Waals surface area (Å²) in [4.78, 5) is 29.9. The maximum atomic E-state index is 12.6. The second-order valence-corrected chi connectivity index (χ2v) is 7.80. The number of halogens is 1. The predicted octanol–water partition coefficient (Wildman–Crippen LogP) is 3.79. The van der Waals surface area contributed by atoms with Crippen LogP contribution in [0.15, 0.2) is 48.9 Å². The molecule has 0 bridgehead atoms. The molecule has 7 nitrogen and oxygen atoms in total. The van der Waals surface area contributed by atoms with Crippen LogP contribution in [0.2, 0.25) is 5.02 Å². The van der Waals surface area contributed by atoms with E-state index in [1.165, 1.54) is 6.20 Å². The molecule has 3 N–H and O–H groups in total. The second kappa shape index (κ2) is 8.65. The highest BCUT2D eigenvalue weighted by atomic mass is 35.5. The van der Waals surface area contributed by atoms with Gasteiger partial charge in [0.05, 0.1) is 22.4 Å². The van der Waals surface area contributed by atoms with Gasteiger partial charge in [0.25, 0.3) is 5.91 Å². The molecule has 0 spiro atoms. The molecule has 156 valence electrons. The molecule has 1 aromatic carbocycles. The minimum atomic E-state index is -0.292. The number of nitrogens with zero attached hydrogens (tertiary/aromatic N) is 4. The predicted molar refractivity (Wildman–Crippen MR) is 121 cm³/mol. The lowest BCUT2D eigenvalue weighted by molar-refractivity contribution is 0.0945. The molecule has 1 amide bonds. The van der Waals surface area contributed by atoms with Gasteiger partial charge in [0, 0.05) is 36.4 Å². The van der Waals surface area contributed by atoms with Gasteiger partial charge in [0.2, 0.25) is 0 Å². The second-order valence-electron chi connectivity index (χ2n) is 7.36. The Balaban J connectivity index is 1.48. The highest BCUT2D eigenvalue weighted by Crippen LogP contribution is 2.20. The maximum Gasteiger partial charge on any atom is 0.271 e. The van der Waals surface area contributed by atoms with Crippen molar-refractivity contribution in [3.05, 3.63) is 87.7 Å². The smallest absolute Gasteiger partial charge is 0.271 e. The minimum Gasteiger partial charge on any atom is -0.384 e. The summed E-state index contributed by atoms with van der Waals surface area (Å²) in [7, 11) is 0. The van der Waals surface area contributed by atoms with Gasteiger partial charge in [-0.15, -0.1) is 0 Å². The summed E-state index contributed by atoms with van der Waals surface area (Å²) in [5.41, 5.74) is 11.3. The van der Waals surface area contributed by atoms with E-state index in [1.807, 2.05) is 38.1 Å². The first-order valence-electron chi connectivity index (χ1n) is 9.75. The largest absolute Gasteiger partial charge is 0.384 e. The topological polar surface area (TPSA) is 107 Å². The maximum absolute atomic E-state index is 12.6. The summed E-state index contributed by atoms with van der Waals surface area (Å²) >= 11 is 6.05. The molecule has 0 aliphatic heterocycles. The van der Waals surface area contributed by atoms with Crippen molar-refractivity contribution >= 4 is 34.2 Å². The normalized spacial score (nSPS) is 10.9. The van der Waals surface area contributed by atoms with E-state index in [9.17, 15) is 4.79 Å². The molecule has 0 atom stereocenters. The van der Waals surface area contributed by atoms with Gasteiger partial charge in [-0.2, -0.15) is 0 Å². The molecule has 3 aromatic heterocycles. The van der Waals surface area contributed by atoms with Crippen LogP contribution in [0.25, 0.3) is 10.9 Å². The zero-order chi connectivity index (χ0) is 22.0. The van der Waals surface area contributed by atoms with Crippen molar-refractivity contribution in [1.82, 2.24) is 25.3 Å². The van der Waals surface area contributed by atoms with Crippen molar-refractivity contribution in [2.45, 2.75) is 26.8 Å². The molecule has 31 heavy (non-hydrogen) atoms. The van der Waals surface area contributed by atoms with Gasteiger partial charge in [0.1, 0.15) is 11.5 Å². The van der Waals surface area contributed by atoms with Crippen LogP contribution in [0.1, 0.15) is 38.6 Å². The Hall–Kier alpha value is -3.58. The number of nitrogens with one attached hydrogen (secondary N) is 1. The molecule has 0 aliphatic rings. The number of fused-ring (bicyclic) bond motifs is 1. The summed E-state index contributed by atoms with van der Waals surface area (Å²) in [5.74, 6) is 0.176. The van der Waals surface area contributed by atoms with Gasteiger partial charge < -0.3 is 11.1 Å². The number of aromatic nitrogens is 4. The van der Waals surface area contributed by atoms with Crippen molar-refractivity contribution in [1.29, 1.82) is 0 Å². The first-order chi connectivity index (χ1) is 14.9. The third-order valence-electron chi connectivity index (χ3n) is 5.01. The van der Waals surface area contributed by atoms with Gasteiger partial charge in [-0.05, 0) is 54.8 Å². The average Bonchev–Trinajstić information content (AvgIpc) is 2.72. The van der Waals surface area contributed by atoms with E-state index in [4.69, 9.17) is 17.3 Å². The SMILES string of the molecule is Cc1cc(N)nc(C)c1CNC(=O)c1cncc(Cc2ccc3ncc(Cl)cc3c2)n1. The summed E-state index contributed by atoms with van der Waals surface area (Å²) < 4.78 is 0. The van der Waals surface area contributed by atoms with E-state index in [0.29, 0.717) is 29.5 Å². The summed E-state index contributed by atoms with van der Waals surface area (Å²) in [6.07, 6.45) is 5.29. The lowest BCUT2D eigenvalue weighted by Crippen LogP contribution is -2.25. The fourth-order valence-corrected chi connectivity index (χ4v) is 3.65. The summed E-state index contributed by atoms with van der Waals surface area (Å²) in [5, 5.41) is 4.43. The van der Waals surface area contributed by atoms with Crippen LogP contribution >= 0.6 is 11.6 Å². The number of rotatable bonds is 5. The van der Waals surface area contributed by atoms with Crippen molar-refractivity contribution in [2.24, 2.45) is 0 Å². The molecule has 0 radical (unpaired) electrons. The minimum absolute atomic E-state index is 0.265. The van der Waals surface area contributed by atoms with Crippen LogP contribution in [0.3, 0.4) is 0 Å². The molecule has 4 rings (SSSR count). The monoisotopic (exact) mass is 432 g/mol. The fraction of sp³-hybridized carbons (Fsp3) is 0.174. The summed E-state index contributed by atoms with van der Waals surface area (Å²) in [6, 6.07) is 9.61. The lowest BCUT2D eigenvalue weighted by atomic mass is 10.1. The van der Waals surface area contributed by atoms with E-state index in [1.54, 1.807) is 18.5 Å². The molecule has 0 saturated carbocycles. The number of carbonyl (C=O) groups excluding carboxylic acids is 1. The average molecular weight is 433 g/mol. The molecule has 4 aromatic rings. The lowest BCUT2D eigenvalue weighted by Gasteiger charge is -2.11. The molecule has 8 heteroatoms. The highest BCUT2D eigenvalue weighted by Gasteiger charge is 2.12. The van der Waals surface area contributed by atoms with Gasteiger partial charge >= 0.3 is 0 Å². The van der Waals surface area contributed by atoms with Gasteiger partial charge in [0.15, 0.2) is 0 Å². The molecule has 3 heterocycles. The number of amides is 1. The Morgan fingerprint density at radius 2 is 1.94 bits per heavy atom. The zero-order valence-electron chi connectivity index (χ0n) is 17.2. The third kappa shape index (κ3) is 4.78. The zero-order valence-corrected chi connectivity index (χ0v) is 17.9. The first-order valence-corrected chi connectivity index (χ1v) is 10.1. The number of nitrogens with two attached hydrogens (primary N) is 1. The molecule has 0 unspecified atom stereocenters. The quantitative estimate of drug-likeness (QED) is 0.496. The van der Waals surface area contributed by atoms with Crippen LogP contribution in [-0.4, -0.2) is 25.8 Å². The van der Waals surface area contributed by atoms with Crippen molar-refractivity contribution in [3.8, 4) is 0 Å². The van der Waals surface area contributed by atoms with Crippen LogP contribution in [0.4, 0.5) is 5.82 Å². The van der Waals surface area contributed by atoms with Crippen LogP contribution in [0, 0.1) is 13.8 Å². The van der Waals surface area contributed by atoms with Crippen molar-refractivity contribution in [3.63, 3.8) is 0 Å². The third-order valence-corrected chi connectivity index (χ3v) is 5.22. The Labute approximate surface area is 184 Å². The van der Waals surface area contributed by atoms with Crippen molar-refractivity contribution < 1.29 is 4.79 Å². The number of benzene rings is 1. The Bertz CT molecular complexity index is 1270. The number of carbonyl (C=O) groups is 1. The van der Waals surface area contributed by atoms with Crippen LogP contribution < -0.4 is 11.1 Å². The molecular formula is C23H21ClN6O. The van der Waals surface area contributed by atoms with Crippen LogP contribution in [0.5, 0.6) is 0 Å².